The van der Waals surface area contributed by atoms with Crippen molar-refractivity contribution in [2.75, 3.05) is 0 Å². The monoisotopic (exact) mass is 1400 g/mol. The average Bonchev–Trinajstić information content (AvgIpc) is 1.55. The minimum absolute atomic E-state index is 0.627. The van der Waals surface area contributed by atoms with Crippen molar-refractivity contribution in [3.63, 3.8) is 0 Å². The molecule has 0 aliphatic carbocycles. The van der Waals surface area contributed by atoms with Gasteiger partial charge in [-0.1, -0.05) is 309 Å². The molecule has 0 atom stereocenters. The fourth-order valence-corrected chi connectivity index (χ4v) is 16.0. The summed E-state index contributed by atoms with van der Waals surface area (Å²) in [6, 6.07) is 131. The van der Waals surface area contributed by atoms with Crippen LogP contribution in [0.4, 0.5) is 0 Å². The Morgan fingerprint density at radius 3 is 0.927 bits per heavy atom. The zero-order valence-electron chi connectivity index (χ0n) is 59.3. The fraction of sp³-hybridized carbons (Fsp3) is 0. The summed E-state index contributed by atoms with van der Waals surface area (Å²) in [6.45, 7) is 0. The molecule has 22 rings (SSSR count). The van der Waals surface area contributed by atoms with Crippen LogP contribution in [0, 0.1) is 0 Å². The van der Waals surface area contributed by atoms with E-state index in [0.29, 0.717) is 11.6 Å². The summed E-state index contributed by atoms with van der Waals surface area (Å²) < 4.78 is 13.6. The molecule has 6 heterocycles. The Morgan fingerprint density at radius 2 is 0.482 bits per heavy atom. The largest absolute Gasteiger partial charge is 0.455 e. The molecule has 0 N–H and O–H groups in total. The fourth-order valence-electron chi connectivity index (χ4n) is 16.0. The van der Waals surface area contributed by atoms with Gasteiger partial charge in [0.05, 0.1) is 56.0 Å². The first-order valence-corrected chi connectivity index (χ1v) is 37.0. The minimum atomic E-state index is 0.627. The predicted molar refractivity (Wildman–Crippen MR) is 454 cm³/mol. The number of hydrogen-bond donors (Lipinski definition) is 0. The zero-order valence-corrected chi connectivity index (χ0v) is 59.3. The van der Waals surface area contributed by atoms with Crippen LogP contribution in [0.5, 0.6) is 0 Å². The van der Waals surface area contributed by atoms with E-state index in [0.717, 1.165) is 161 Å². The molecule has 0 aliphatic heterocycles. The first-order valence-electron chi connectivity index (χ1n) is 37.0. The SMILES string of the molecule is c1ccc(-c2cc(-c3ccc4nc(-c5cc6ccccc6c6ccccc56)c5c6ccccc6oc5c4c3)nc(-c3ccccc3)n2)cc1.c1ccc(-c2ccc(-c3cc(-c4ccc(-c5ccccc5)cc4)nc(-c4ccc5nc(-c6cc7ccccc7c7ccccc67)c6c7ccccc7oc6c5c4)n3)cc2)cc1. The number of para-hydroxylation sites is 2. The maximum absolute atomic E-state index is 6.82. The number of benzene rings is 16. The van der Waals surface area contributed by atoms with Crippen LogP contribution in [0.1, 0.15) is 0 Å². The van der Waals surface area contributed by atoms with E-state index >= 15 is 0 Å². The highest BCUT2D eigenvalue weighted by molar-refractivity contribution is 6.25. The van der Waals surface area contributed by atoms with E-state index in [2.05, 4.69) is 291 Å². The third kappa shape index (κ3) is 11.2. The topological polar surface area (TPSA) is 104 Å². The van der Waals surface area contributed by atoms with Crippen molar-refractivity contribution in [3.8, 4) is 113 Å². The Balaban J connectivity index is 0.000000143. The lowest BCUT2D eigenvalue weighted by atomic mass is 9.93. The summed E-state index contributed by atoms with van der Waals surface area (Å²) >= 11 is 0. The smallest absolute Gasteiger partial charge is 0.160 e. The Kier molecular flexibility index (Phi) is 15.4. The molecule has 110 heavy (non-hydrogen) atoms. The first kappa shape index (κ1) is 63.6. The van der Waals surface area contributed by atoms with Gasteiger partial charge in [0.15, 0.2) is 11.6 Å². The highest BCUT2D eigenvalue weighted by atomic mass is 16.3. The second kappa shape index (κ2) is 26.6. The normalized spacial score (nSPS) is 11.6. The molecule has 0 unspecified atom stereocenters. The standard InChI is InChI=1S/C57H35N3O.C45H27N3O/c1-3-13-36(14-4-1)38-23-27-40(28-24-38)51-35-52(41-29-25-39(26-30-41)37-15-5-2-6-16-37)60-57(59-51)43-31-32-50-49(34-43)56-54(47-21-11-12-22-53(47)61-56)55(58-50)48-33-42-17-7-8-18-44(42)45-19-9-10-20-46(45)48;1-3-13-28(14-4-1)39-27-40(48-45(47-39)29-15-5-2-6-16-29)31-23-24-38-37(26-31)44-42(35-21-11-12-22-41(35)49-44)43(46-38)36-25-30-17-7-8-18-32(30)33-19-9-10-20-34(33)36/h1-35H;1-27H. The molecule has 0 fully saturated rings. The van der Waals surface area contributed by atoms with E-state index in [1.54, 1.807) is 0 Å². The zero-order chi connectivity index (χ0) is 72.6. The summed E-state index contributed by atoms with van der Waals surface area (Å²) in [5.41, 5.74) is 22.9. The number of rotatable bonds is 10. The lowest BCUT2D eigenvalue weighted by Crippen LogP contribution is -1.97. The summed E-state index contributed by atoms with van der Waals surface area (Å²) in [4.78, 5) is 31.5. The van der Waals surface area contributed by atoms with Crippen LogP contribution in [0.15, 0.2) is 385 Å². The molecular weight excluding hydrogens is 1340 g/mol. The van der Waals surface area contributed by atoms with Crippen LogP contribution in [0.3, 0.4) is 0 Å². The second-order valence-corrected chi connectivity index (χ2v) is 27.9. The van der Waals surface area contributed by atoms with Gasteiger partial charge in [-0.05, 0) is 132 Å². The van der Waals surface area contributed by atoms with E-state index in [9.17, 15) is 0 Å². The van der Waals surface area contributed by atoms with E-state index in [4.69, 9.17) is 38.7 Å². The van der Waals surface area contributed by atoms with Gasteiger partial charge in [0.25, 0.3) is 0 Å². The van der Waals surface area contributed by atoms with Gasteiger partial charge >= 0.3 is 0 Å². The molecule has 6 aromatic heterocycles. The predicted octanol–water partition coefficient (Wildman–Crippen LogP) is 27.1. The van der Waals surface area contributed by atoms with Crippen molar-refractivity contribution >= 4 is 109 Å². The van der Waals surface area contributed by atoms with Gasteiger partial charge in [-0.15, -0.1) is 0 Å². The second-order valence-electron chi connectivity index (χ2n) is 27.9. The van der Waals surface area contributed by atoms with Crippen LogP contribution < -0.4 is 0 Å². The molecule has 0 bridgehead atoms. The quantitative estimate of drug-likeness (QED) is 0.125. The van der Waals surface area contributed by atoms with Crippen molar-refractivity contribution in [2.45, 2.75) is 0 Å². The number of furan rings is 2. The van der Waals surface area contributed by atoms with Gasteiger partial charge < -0.3 is 8.83 Å². The van der Waals surface area contributed by atoms with E-state index in [1.807, 2.05) is 84.9 Å². The maximum Gasteiger partial charge on any atom is 0.160 e. The third-order valence-corrected chi connectivity index (χ3v) is 21.3. The van der Waals surface area contributed by atoms with Crippen LogP contribution in [-0.2, 0) is 0 Å². The lowest BCUT2D eigenvalue weighted by Gasteiger charge is -2.13. The van der Waals surface area contributed by atoms with Crippen molar-refractivity contribution in [1.29, 1.82) is 0 Å². The number of fused-ring (bicyclic) bond motifs is 16. The van der Waals surface area contributed by atoms with Crippen LogP contribution >= 0.6 is 0 Å². The van der Waals surface area contributed by atoms with E-state index in [-0.39, 0.29) is 0 Å². The summed E-state index contributed by atoms with van der Waals surface area (Å²) in [7, 11) is 0. The molecule has 0 aliphatic rings. The van der Waals surface area contributed by atoms with Gasteiger partial charge in [0.1, 0.15) is 22.3 Å². The highest BCUT2D eigenvalue weighted by Gasteiger charge is 2.25. The van der Waals surface area contributed by atoms with Gasteiger partial charge in [-0.3, -0.25) is 0 Å². The number of pyridine rings is 2. The lowest BCUT2D eigenvalue weighted by molar-refractivity contribution is 0.672. The molecule has 16 aromatic carbocycles. The third-order valence-electron chi connectivity index (χ3n) is 21.3. The van der Waals surface area contributed by atoms with Crippen molar-refractivity contribution in [3.05, 3.63) is 376 Å². The Bertz CT molecular complexity index is 7210. The molecule has 8 heteroatoms. The van der Waals surface area contributed by atoms with Crippen molar-refractivity contribution in [2.24, 2.45) is 0 Å². The molecular formula is C102H62N6O2. The highest BCUT2D eigenvalue weighted by Crippen LogP contribution is 2.47. The molecule has 22 aromatic rings. The van der Waals surface area contributed by atoms with Crippen LogP contribution in [0.2, 0.25) is 0 Å². The Hall–Kier alpha value is -14.9. The first-order chi connectivity index (χ1) is 54.5. The number of aromatic nitrogens is 6. The molecule has 8 nitrogen and oxygen atoms in total. The number of nitrogens with zero attached hydrogens (tertiary/aromatic N) is 6. The maximum atomic E-state index is 6.82. The van der Waals surface area contributed by atoms with E-state index < -0.39 is 0 Å². The summed E-state index contributed by atoms with van der Waals surface area (Å²) in [5.74, 6) is 1.31. The van der Waals surface area contributed by atoms with Crippen molar-refractivity contribution < 1.29 is 8.83 Å². The molecule has 512 valence electrons. The molecule has 0 saturated carbocycles. The Morgan fingerprint density at radius 1 is 0.182 bits per heavy atom. The minimum Gasteiger partial charge on any atom is -0.455 e. The van der Waals surface area contributed by atoms with E-state index in [1.165, 1.54) is 48.8 Å². The van der Waals surface area contributed by atoms with Crippen molar-refractivity contribution in [1.82, 2.24) is 29.9 Å². The van der Waals surface area contributed by atoms with Crippen LogP contribution in [-0.4, -0.2) is 29.9 Å². The molecule has 0 amide bonds. The van der Waals surface area contributed by atoms with Crippen LogP contribution in [0.25, 0.3) is 221 Å². The van der Waals surface area contributed by atoms with Gasteiger partial charge in [-0.2, -0.15) is 0 Å². The Labute approximate surface area is 632 Å². The average molecular weight is 1400 g/mol. The van der Waals surface area contributed by atoms with Gasteiger partial charge in [0.2, 0.25) is 0 Å². The molecule has 0 spiro atoms. The number of hydrogen-bond acceptors (Lipinski definition) is 8. The summed E-state index contributed by atoms with van der Waals surface area (Å²) in [5, 5.41) is 15.5. The molecule has 0 radical (unpaired) electrons. The van der Waals surface area contributed by atoms with Gasteiger partial charge in [0, 0.05) is 66.1 Å². The summed E-state index contributed by atoms with van der Waals surface area (Å²) in [6.07, 6.45) is 0. The van der Waals surface area contributed by atoms with Gasteiger partial charge in [-0.25, -0.2) is 29.9 Å². The molecule has 0 saturated heterocycles.